The van der Waals surface area contributed by atoms with Gasteiger partial charge >= 0.3 is 0 Å². The number of amides is 1. The van der Waals surface area contributed by atoms with Crippen LogP contribution in [0.2, 0.25) is 0 Å². The highest BCUT2D eigenvalue weighted by molar-refractivity contribution is 5.98. The summed E-state index contributed by atoms with van der Waals surface area (Å²) < 4.78 is 13.6. The molecular formula is C19H19FN2O. The number of hydrogen-bond donors (Lipinski definition) is 2. The van der Waals surface area contributed by atoms with Gasteiger partial charge in [0.15, 0.2) is 0 Å². The first kappa shape index (κ1) is 15.3. The Bertz CT molecular complexity index is 821. The van der Waals surface area contributed by atoms with Crippen LogP contribution in [0.5, 0.6) is 0 Å². The molecule has 23 heavy (non-hydrogen) atoms. The highest BCUT2D eigenvalue weighted by atomic mass is 19.1. The summed E-state index contributed by atoms with van der Waals surface area (Å²) in [6.07, 6.45) is 1.79. The molecule has 118 valence electrons. The summed E-state index contributed by atoms with van der Waals surface area (Å²) in [5.41, 5.74) is 3.50. The molecule has 0 radical (unpaired) electrons. The minimum atomic E-state index is -0.325. The molecule has 1 heterocycles. The molecule has 1 amide bonds. The lowest BCUT2D eigenvalue weighted by Crippen LogP contribution is -2.25. The quantitative estimate of drug-likeness (QED) is 0.739. The standard InChI is InChI=1S/C19H19FN2O/c1-2-13-6-8-14(9-7-13)10-11-21-19(23)18-12-15-16(20)4-3-5-17(15)22-18/h3-9,12,22H,2,10-11H2,1H3,(H,21,23). The molecule has 3 rings (SSSR count). The molecule has 0 aliphatic carbocycles. The van der Waals surface area contributed by atoms with Crippen LogP contribution >= 0.6 is 0 Å². The molecule has 0 aliphatic heterocycles. The van der Waals surface area contributed by atoms with E-state index in [1.807, 2.05) is 0 Å². The van der Waals surface area contributed by atoms with Crippen molar-refractivity contribution in [3.63, 3.8) is 0 Å². The van der Waals surface area contributed by atoms with E-state index in [-0.39, 0.29) is 11.7 Å². The van der Waals surface area contributed by atoms with Gasteiger partial charge < -0.3 is 10.3 Å². The highest BCUT2D eigenvalue weighted by Gasteiger charge is 2.11. The van der Waals surface area contributed by atoms with Crippen molar-refractivity contribution in [2.75, 3.05) is 6.54 Å². The fraction of sp³-hybridized carbons (Fsp3) is 0.211. The zero-order valence-electron chi connectivity index (χ0n) is 13.0. The number of H-pyrrole nitrogens is 1. The van der Waals surface area contributed by atoms with Crippen LogP contribution in [0.15, 0.2) is 48.5 Å². The fourth-order valence-electron chi connectivity index (χ4n) is 2.60. The van der Waals surface area contributed by atoms with Gasteiger partial charge in [-0.05, 0) is 42.2 Å². The Hall–Kier alpha value is -2.62. The summed E-state index contributed by atoms with van der Waals surface area (Å²) in [4.78, 5) is 15.1. The Labute approximate surface area is 134 Å². The third kappa shape index (κ3) is 3.42. The molecule has 0 fully saturated rings. The van der Waals surface area contributed by atoms with Crippen molar-refractivity contribution in [1.82, 2.24) is 10.3 Å². The molecule has 0 spiro atoms. The number of benzene rings is 2. The van der Waals surface area contributed by atoms with Crippen molar-refractivity contribution < 1.29 is 9.18 Å². The van der Waals surface area contributed by atoms with Crippen molar-refractivity contribution in [3.05, 3.63) is 71.2 Å². The summed E-state index contributed by atoms with van der Waals surface area (Å²) >= 11 is 0. The van der Waals surface area contributed by atoms with Crippen LogP contribution in [-0.2, 0) is 12.8 Å². The molecule has 0 unspecified atom stereocenters. The number of halogens is 1. The predicted octanol–water partition coefficient (Wildman–Crippen LogP) is 3.84. The van der Waals surface area contributed by atoms with Crippen molar-refractivity contribution in [3.8, 4) is 0 Å². The lowest BCUT2D eigenvalue weighted by atomic mass is 10.1. The van der Waals surface area contributed by atoms with Gasteiger partial charge in [0.05, 0.1) is 0 Å². The summed E-state index contributed by atoms with van der Waals surface area (Å²) in [6, 6.07) is 14.7. The highest BCUT2D eigenvalue weighted by Crippen LogP contribution is 2.18. The van der Waals surface area contributed by atoms with E-state index < -0.39 is 0 Å². The molecule has 0 saturated heterocycles. The van der Waals surface area contributed by atoms with E-state index in [0.717, 1.165) is 12.8 Å². The molecule has 0 atom stereocenters. The number of carbonyl (C=O) groups excluding carboxylic acids is 1. The first-order valence-corrected chi connectivity index (χ1v) is 7.80. The van der Waals surface area contributed by atoms with Crippen LogP contribution in [-0.4, -0.2) is 17.4 Å². The molecule has 2 N–H and O–H groups in total. The van der Waals surface area contributed by atoms with E-state index in [0.29, 0.717) is 23.1 Å². The summed E-state index contributed by atoms with van der Waals surface area (Å²) in [5, 5.41) is 3.30. The van der Waals surface area contributed by atoms with Crippen LogP contribution in [0.1, 0.15) is 28.5 Å². The molecule has 4 heteroatoms. The number of nitrogens with one attached hydrogen (secondary N) is 2. The Kier molecular flexibility index (Phi) is 4.42. The Balaban J connectivity index is 1.60. The number of rotatable bonds is 5. The molecule has 0 saturated carbocycles. The molecule has 1 aromatic heterocycles. The van der Waals surface area contributed by atoms with Gasteiger partial charge in [0, 0.05) is 17.4 Å². The Morgan fingerprint density at radius 1 is 1.13 bits per heavy atom. The number of hydrogen-bond acceptors (Lipinski definition) is 1. The molecular weight excluding hydrogens is 291 g/mol. The van der Waals surface area contributed by atoms with Gasteiger partial charge in [-0.15, -0.1) is 0 Å². The largest absolute Gasteiger partial charge is 0.350 e. The van der Waals surface area contributed by atoms with Gasteiger partial charge in [-0.1, -0.05) is 37.3 Å². The lowest BCUT2D eigenvalue weighted by Gasteiger charge is -2.05. The second-order valence-electron chi connectivity index (χ2n) is 5.56. The van der Waals surface area contributed by atoms with Crippen LogP contribution in [0.3, 0.4) is 0 Å². The maximum Gasteiger partial charge on any atom is 0.267 e. The maximum absolute atomic E-state index is 13.6. The second-order valence-corrected chi connectivity index (χ2v) is 5.56. The smallest absolute Gasteiger partial charge is 0.267 e. The number of carbonyl (C=O) groups is 1. The second kappa shape index (κ2) is 6.65. The molecule has 0 aliphatic rings. The van der Waals surface area contributed by atoms with Gasteiger partial charge in [-0.3, -0.25) is 4.79 Å². The summed E-state index contributed by atoms with van der Waals surface area (Å²) in [5.74, 6) is -0.542. The average molecular weight is 310 g/mol. The van der Waals surface area contributed by atoms with Crippen molar-refractivity contribution in [2.24, 2.45) is 0 Å². The third-order valence-corrected chi connectivity index (χ3v) is 3.99. The lowest BCUT2D eigenvalue weighted by molar-refractivity contribution is 0.0950. The van der Waals surface area contributed by atoms with E-state index >= 15 is 0 Å². The number of fused-ring (bicyclic) bond motifs is 1. The average Bonchev–Trinajstić information content (AvgIpc) is 3.01. The number of aryl methyl sites for hydroxylation is 1. The monoisotopic (exact) mass is 310 g/mol. The Morgan fingerprint density at radius 3 is 2.57 bits per heavy atom. The van der Waals surface area contributed by atoms with E-state index in [1.54, 1.807) is 18.2 Å². The normalized spacial score (nSPS) is 10.9. The van der Waals surface area contributed by atoms with Gasteiger partial charge in [0.2, 0.25) is 0 Å². The molecule has 2 aromatic carbocycles. The SMILES string of the molecule is CCc1ccc(CCNC(=O)c2cc3c(F)cccc3[nH]2)cc1. The zero-order chi connectivity index (χ0) is 16.2. The minimum Gasteiger partial charge on any atom is -0.350 e. The minimum absolute atomic E-state index is 0.217. The van der Waals surface area contributed by atoms with Gasteiger partial charge in [-0.25, -0.2) is 4.39 Å². The molecule has 3 nitrogen and oxygen atoms in total. The van der Waals surface area contributed by atoms with Crippen molar-refractivity contribution in [1.29, 1.82) is 0 Å². The van der Waals surface area contributed by atoms with E-state index in [2.05, 4.69) is 41.5 Å². The van der Waals surface area contributed by atoms with Crippen LogP contribution < -0.4 is 5.32 Å². The molecule has 0 bridgehead atoms. The van der Waals surface area contributed by atoms with Crippen LogP contribution in [0.4, 0.5) is 4.39 Å². The maximum atomic E-state index is 13.6. The number of aromatic amines is 1. The third-order valence-electron chi connectivity index (χ3n) is 3.99. The van der Waals surface area contributed by atoms with Gasteiger partial charge in [-0.2, -0.15) is 0 Å². The van der Waals surface area contributed by atoms with Crippen LogP contribution in [0, 0.1) is 5.82 Å². The van der Waals surface area contributed by atoms with E-state index in [9.17, 15) is 9.18 Å². The first-order valence-electron chi connectivity index (χ1n) is 7.80. The van der Waals surface area contributed by atoms with Gasteiger partial charge in [0.25, 0.3) is 5.91 Å². The predicted molar refractivity (Wildman–Crippen MR) is 90.1 cm³/mol. The summed E-state index contributed by atoms with van der Waals surface area (Å²) in [6.45, 7) is 2.67. The van der Waals surface area contributed by atoms with Crippen LogP contribution in [0.25, 0.3) is 10.9 Å². The fourth-order valence-corrected chi connectivity index (χ4v) is 2.60. The Morgan fingerprint density at radius 2 is 1.87 bits per heavy atom. The van der Waals surface area contributed by atoms with Crippen molar-refractivity contribution in [2.45, 2.75) is 19.8 Å². The van der Waals surface area contributed by atoms with E-state index in [4.69, 9.17) is 0 Å². The summed E-state index contributed by atoms with van der Waals surface area (Å²) in [7, 11) is 0. The van der Waals surface area contributed by atoms with Gasteiger partial charge in [0.1, 0.15) is 11.5 Å². The van der Waals surface area contributed by atoms with Crippen molar-refractivity contribution >= 4 is 16.8 Å². The van der Waals surface area contributed by atoms with E-state index in [1.165, 1.54) is 17.2 Å². The molecule has 3 aromatic rings. The topological polar surface area (TPSA) is 44.9 Å². The number of aromatic nitrogens is 1. The first-order chi connectivity index (χ1) is 11.2. The zero-order valence-corrected chi connectivity index (χ0v) is 13.0.